The van der Waals surface area contributed by atoms with E-state index in [1.807, 2.05) is 7.05 Å². The maximum absolute atomic E-state index is 3.48. The van der Waals surface area contributed by atoms with E-state index >= 15 is 0 Å². The van der Waals surface area contributed by atoms with Crippen molar-refractivity contribution >= 4 is 5.69 Å². The van der Waals surface area contributed by atoms with Crippen molar-refractivity contribution in [2.45, 2.75) is 32.2 Å². The minimum absolute atomic E-state index is 0.586. The van der Waals surface area contributed by atoms with Gasteiger partial charge in [-0.25, -0.2) is 0 Å². The van der Waals surface area contributed by atoms with Gasteiger partial charge in [0.2, 0.25) is 0 Å². The van der Waals surface area contributed by atoms with Gasteiger partial charge >= 0.3 is 0 Å². The Bertz CT molecular complexity index is 346. The summed E-state index contributed by atoms with van der Waals surface area (Å²) < 4.78 is 0. The van der Waals surface area contributed by atoms with Crippen molar-refractivity contribution in [3.8, 4) is 0 Å². The summed E-state index contributed by atoms with van der Waals surface area (Å²) >= 11 is 0. The lowest BCUT2D eigenvalue weighted by atomic mass is 9.93. The quantitative estimate of drug-likeness (QED) is 0.790. The second kappa shape index (κ2) is 4.23. The molecule has 0 amide bonds. The summed E-state index contributed by atoms with van der Waals surface area (Å²) in [6.45, 7) is 5.50. The third kappa shape index (κ3) is 2.15. The summed E-state index contributed by atoms with van der Waals surface area (Å²) in [6, 6.07) is 7.29. The summed E-state index contributed by atoms with van der Waals surface area (Å²) in [7, 11) is 2.03. The molecule has 82 valence electrons. The van der Waals surface area contributed by atoms with E-state index in [9.17, 15) is 0 Å². The molecule has 0 fully saturated rings. The molecule has 0 spiro atoms. The monoisotopic (exact) mass is 204 g/mol. The van der Waals surface area contributed by atoms with Crippen LogP contribution in [0.5, 0.6) is 0 Å². The summed E-state index contributed by atoms with van der Waals surface area (Å²) in [5.74, 6) is 0.669. The molecule has 2 rings (SSSR count). The Labute approximate surface area is 92.1 Å². The van der Waals surface area contributed by atoms with E-state index < -0.39 is 0 Å². The molecule has 0 aliphatic carbocycles. The summed E-state index contributed by atoms with van der Waals surface area (Å²) in [6.07, 6.45) is 1.21. The molecule has 2 nitrogen and oxygen atoms in total. The average molecular weight is 204 g/mol. The molecule has 2 unspecified atom stereocenters. The number of hydrogen-bond donors (Lipinski definition) is 2. The Balaban J connectivity index is 2.16. The highest BCUT2D eigenvalue weighted by molar-refractivity contribution is 5.58. The Morgan fingerprint density at radius 2 is 2.33 bits per heavy atom. The number of rotatable bonds is 3. The van der Waals surface area contributed by atoms with Gasteiger partial charge < -0.3 is 10.6 Å². The van der Waals surface area contributed by atoms with Gasteiger partial charge in [0, 0.05) is 24.2 Å². The third-order valence-electron chi connectivity index (χ3n) is 3.32. The first-order chi connectivity index (χ1) is 7.20. The van der Waals surface area contributed by atoms with Crippen molar-refractivity contribution in [3.63, 3.8) is 0 Å². The van der Waals surface area contributed by atoms with Crippen molar-refractivity contribution in [2.24, 2.45) is 0 Å². The van der Waals surface area contributed by atoms with E-state index in [2.05, 4.69) is 42.7 Å². The van der Waals surface area contributed by atoms with Crippen LogP contribution in [0.3, 0.4) is 0 Å². The van der Waals surface area contributed by atoms with Crippen LogP contribution in [0.1, 0.15) is 30.4 Å². The molecule has 2 heteroatoms. The van der Waals surface area contributed by atoms with E-state index in [0.29, 0.717) is 12.0 Å². The number of fused-ring (bicyclic) bond motifs is 1. The van der Waals surface area contributed by atoms with Crippen LogP contribution in [0, 0.1) is 6.92 Å². The zero-order chi connectivity index (χ0) is 10.8. The molecular weight excluding hydrogens is 184 g/mol. The van der Waals surface area contributed by atoms with E-state index in [1.54, 1.807) is 0 Å². The van der Waals surface area contributed by atoms with E-state index in [4.69, 9.17) is 0 Å². The van der Waals surface area contributed by atoms with Gasteiger partial charge in [-0.2, -0.15) is 0 Å². The fourth-order valence-corrected chi connectivity index (χ4v) is 2.28. The Morgan fingerprint density at radius 3 is 3.07 bits per heavy atom. The largest absolute Gasteiger partial charge is 0.384 e. The van der Waals surface area contributed by atoms with Crippen molar-refractivity contribution in [1.82, 2.24) is 5.32 Å². The van der Waals surface area contributed by atoms with Crippen molar-refractivity contribution in [2.75, 3.05) is 18.9 Å². The predicted octanol–water partition coefficient (Wildman–Crippen LogP) is 2.50. The fourth-order valence-electron chi connectivity index (χ4n) is 2.28. The minimum atomic E-state index is 0.586. The van der Waals surface area contributed by atoms with Crippen molar-refractivity contribution in [3.05, 3.63) is 29.3 Å². The smallest absolute Gasteiger partial charge is 0.0376 e. The van der Waals surface area contributed by atoms with Crippen molar-refractivity contribution in [1.29, 1.82) is 0 Å². The fraction of sp³-hybridized carbons (Fsp3) is 0.538. The molecule has 0 bridgehead atoms. The molecule has 2 atom stereocenters. The molecule has 1 aromatic rings. The molecule has 0 radical (unpaired) electrons. The molecule has 1 aromatic carbocycles. The SMILES string of the molecule is CNC(C)CC1CNc2ccc(C)cc21. The van der Waals surface area contributed by atoms with Crippen LogP contribution >= 0.6 is 0 Å². The summed E-state index contributed by atoms with van der Waals surface area (Å²) in [5.41, 5.74) is 4.19. The first kappa shape index (κ1) is 10.5. The van der Waals surface area contributed by atoms with Gasteiger partial charge in [-0.15, -0.1) is 0 Å². The first-order valence-electron chi connectivity index (χ1n) is 5.72. The van der Waals surface area contributed by atoms with E-state index in [-0.39, 0.29) is 0 Å². The highest BCUT2D eigenvalue weighted by Crippen LogP contribution is 2.34. The molecule has 1 aliphatic rings. The molecule has 1 heterocycles. The zero-order valence-corrected chi connectivity index (χ0v) is 9.80. The number of nitrogens with one attached hydrogen (secondary N) is 2. The molecule has 2 N–H and O–H groups in total. The Kier molecular flexibility index (Phi) is 2.96. The molecule has 15 heavy (non-hydrogen) atoms. The number of benzene rings is 1. The second-order valence-electron chi connectivity index (χ2n) is 4.59. The van der Waals surface area contributed by atoms with Gasteiger partial charge in [-0.1, -0.05) is 17.7 Å². The lowest BCUT2D eigenvalue weighted by Gasteiger charge is -2.16. The van der Waals surface area contributed by atoms with Gasteiger partial charge in [0.25, 0.3) is 0 Å². The van der Waals surface area contributed by atoms with Crippen LogP contribution in [0.4, 0.5) is 5.69 Å². The molecule has 0 saturated carbocycles. The number of hydrogen-bond acceptors (Lipinski definition) is 2. The standard InChI is InChI=1S/C13H20N2/c1-9-4-5-13-12(6-9)11(8-15-13)7-10(2)14-3/h4-6,10-11,14-15H,7-8H2,1-3H3. The van der Waals surface area contributed by atoms with E-state index in [1.165, 1.54) is 23.2 Å². The third-order valence-corrected chi connectivity index (χ3v) is 3.32. The minimum Gasteiger partial charge on any atom is -0.384 e. The van der Waals surface area contributed by atoms with Gasteiger partial charge in [0.1, 0.15) is 0 Å². The lowest BCUT2D eigenvalue weighted by molar-refractivity contribution is 0.515. The first-order valence-corrected chi connectivity index (χ1v) is 5.72. The molecule has 0 aromatic heterocycles. The van der Waals surface area contributed by atoms with Gasteiger partial charge in [0.15, 0.2) is 0 Å². The normalized spacial score (nSPS) is 20.9. The zero-order valence-electron chi connectivity index (χ0n) is 9.80. The van der Waals surface area contributed by atoms with Crippen LogP contribution in [-0.2, 0) is 0 Å². The van der Waals surface area contributed by atoms with Crippen LogP contribution in [0.15, 0.2) is 18.2 Å². The second-order valence-corrected chi connectivity index (χ2v) is 4.59. The molecular formula is C13H20N2. The van der Waals surface area contributed by atoms with Crippen LogP contribution in [0.2, 0.25) is 0 Å². The van der Waals surface area contributed by atoms with Gasteiger partial charge in [-0.3, -0.25) is 0 Å². The van der Waals surface area contributed by atoms with Crippen molar-refractivity contribution < 1.29 is 0 Å². The highest BCUT2D eigenvalue weighted by atomic mass is 14.9. The maximum atomic E-state index is 3.48. The number of anilines is 1. The Morgan fingerprint density at radius 1 is 1.53 bits per heavy atom. The average Bonchev–Trinajstić information content (AvgIpc) is 2.61. The maximum Gasteiger partial charge on any atom is 0.0376 e. The highest BCUT2D eigenvalue weighted by Gasteiger charge is 2.23. The molecule has 1 aliphatic heterocycles. The topological polar surface area (TPSA) is 24.1 Å². The molecule has 0 saturated heterocycles. The summed E-state index contributed by atoms with van der Waals surface area (Å²) in [5, 5.41) is 6.79. The van der Waals surface area contributed by atoms with Crippen LogP contribution in [-0.4, -0.2) is 19.6 Å². The number of aryl methyl sites for hydroxylation is 1. The lowest BCUT2D eigenvalue weighted by Crippen LogP contribution is -2.24. The van der Waals surface area contributed by atoms with Gasteiger partial charge in [-0.05, 0) is 38.9 Å². The van der Waals surface area contributed by atoms with Crippen LogP contribution < -0.4 is 10.6 Å². The summed E-state index contributed by atoms with van der Waals surface area (Å²) in [4.78, 5) is 0. The Hall–Kier alpha value is -1.02. The van der Waals surface area contributed by atoms with E-state index in [0.717, 1.165) is 6.54 Å². The predicted molar refractivity (Wildman–Crippen MR) is 65.5 cm³/mol. The van der Waals surface area contributed by atoms with Crippen LogP contribution in [0.25, 0.3) is 0 Å². The van der Waals surface area contributed by atoms with Gasteiger partial charge in [0.05, 0.1) is 0 Å².